The molecular weight excluding hydrogens is 340 g/mol. The average Bonchev–Trinajstić information content (AvgIpc) is 2.99. The van der Waals surface area contributed by atoms with Crippen LogP contribution in [0.5, 0.6) is 0 Å². The summed E-state index contributed by atoms with van der Waals surface area (Å²) in [5, 5.41) is 5.02. The van der Waals surface area contributed by atoms with E-state index in [-0.39, 0.29) is 24.2 Å². The molecule has 0 bridgehead atoms. The largest absolute Gasteiger partial charge is 0.456 e. The van der Waals surface area contributed by atoms with Crippen molar-refractivity contribution in [1.82, 2.24) is 0 Å². The highest BCUT2D eigenvalue weighted by molar-refractivity contribution is 6.06. The molecule has 3 N–H and O–H groups in total. The molecule has 1 amide bonds. The molecule has 1 aliphatic heterocycles. The molecule has 1 fully saturated rings. The monoisotopic (exact) mass is 360 g/mol. The van der Waals surface area contributed by atoms with Crippen LogP contribution in [0.2, 0.25) is 0 Å². The number of hydrogen-bond donors (Lipinski definition) is 2. The molecule has 1 unspecified atom stereocenters. The van der Waals surface area contributed by atoms with E-state index < -0.39 is 6.04 Å². The second-order valence-corrected chi connectivity index (χ2v) is 6.27. The third-order valence-corrected chi connectivity index (χ3v) is 4.72. The first-order valence-corrected chi connectivity index (χ1v) is 8.28. The van der Waals surface area contributed by atoms with Crippen molar-refractivity contribution in [3.05, 3.63) is 42.5 Å². The molecular formula is C19H21ClN2O3. The second-order valence-electron chi connectivity index (χ2n) is 6.27. The normalized spacial score (nSPS) is 16.5. The lowest BCUT2D eigenvalue weighted by Crippen LogP contribution is -2.43. The number of ether oxygens (including phenoxy) is 1. The van der Waals surface area contributed by atoms with E-state index in [1.807, 2.05) is 42.5 Å². The van der Waals surface area contributed by atoms with Gasteiger partial charge in [-0.25, -0.2) is 0 Å². The average molecular weight is 361 g/mol. The van der Waals surface area contributed by atoms with Gasteiger partial charge in [-0.3, -0.25) is 4.79 Å². The number of furan rings is 1. The summed E-state index contributed by atoms with van der Waals surface area (Å²) in [6.45, 7) is 1.35. The fraction of sp³-hybridized carbons (Fsp3) is 0.316. The van der Waals surface area contributed by atoms with E-state index in [2.05, 4.69) is 5.32 Å². The Morgan fingerprint density at radius 3 is 2.60 bits per heavy atom. The van der Waals surface area contributed by atoms with Crippen LogP contribution in [0.4, 0.5) is 5.69 Å². The van der Waals surface area contributed by atoms with Gasteiger partial charge >= 0.3 is 0 Å². The van der Waals surface area contributed by atoms with Gasteiger partial charge in [-0.15, -0.1) is 12.4 Å². The van der Waals surface area contributed by atoms with Crippen LogP contribution >= 0.6 is 12.4 Å². The Kier molecular flexibility index (Phi) is 5.27. The van der Waals surface area contributed by atoms with Crippen molar-refractivity contribution in [2.24, 2.45) is 11.7 Å². The Bertz CT molecular complexity index is 887. The fourth-order valence-corrected chi connectivity index (χ4v) is 3.32. The lowest BCUT2D eigenvalue weighted by molar-refractivity contribution is -0.119. The number of rotatable bonds is 3. The first-order chi connectivity index (χ1) is 11.7. The Hall–Kier alpha value is -2.08. The maximum atomic E-state index is 12.4. The van der Waals surface area contributed by atoms with E-state index in [1.54, 1.807) is 0 Å². The van der Waals surface area contributed by atoms with Crippen molar-refractivity contribution in [3.8, 4) is 0 Å². The van der Waals surface area contributed by atoms with Gasteiger partial charge in [-0.05, 0) is 37.0 Å². The molecule has 0 spiro atoms. The van der Waals surface area contributed by atoms with Crippen LogP contribution in [0, 0.1) is 5.92 Å². The van der Waals surface area contributed by atoms with Crippen LogP contribution in [0.1, 0.15) is 12.8 Å². The van der Waals surface area contributed by atoms with Crippen molar-refractivity contribution in [2.45, 2.75) is 18.9 Å². The van der Waals surface area contributed by atoms with E-state index in [1.165, 1.54) is 0 Å². The molecule has 25 heavy (non-hydrogen) atoms. The lowest BCUT2D eigenvalue weighted by atomic mass is 9.92. The van der Waals surface area contributed by atoms with Crippen molar-refractivity contribution < 1.29 is 13.9 Å². The van der Waals surface area contributed by atoms with E-state index >= 15 is 0 Å². The molecule has 1 aliphatic rings. The first-order valence-electron chi connectivity index (χ1n) is 8.28. The van der Waals surface area contributed by atoms with Gasteiger partial charge in [0, 0.05) is 35.7 Å². The van der Waals surface area contributed by atoms with E-state index in [9.17, 15) is 4.79 Å². The minimum absolute atomic E-state index is 0. The number of hydrogen-bond acceptors (Lipinski definition) is 4. The van der Waals surface area contributed by atoms with Crippen LogP contribution < -0.4 is 11.1 Å². The maximum absolute atomic E-state index is 12.4. The minimum Gasteiger partial charge on any atom is -0.456 e. The zero-order chi connectivity index (χ0) is 16.5. The predicted molar refractivity (Wildman–Crippen MR) is 101 cm³/mol. The molecule has 6 heteroatoms. The van der Waals surface area contributed by atoms with Gasteiger partial charge in [0.1, 0.15) is 11.2 Å². The SMILES string of the molecule is Cl.NC(C(=O)Nc1ccc2c(c1)oc1ccccc12)C1CCOCC1. The number of carbonyl (C=O) groups excluding carboxylic acids is 1. The van der Waals surface area contributed by atoms with E-state index in [0.29, 0.717) is 18.9 Å². The molecule has 0 radical (unpaired) electrons. The van der Waals surface area contributed by atoms with Crippen LogP contribution in [-0.2, 0) is 9.53 Å². The van der Waals surface area contributed by atoms with E-state index in [4.69, 9.17) is 14.9 Å². The summed E-state index contributed by atoms with van der Waals surface area (Å²) in [5.74, 6) is 0.0195. The zero-order valence-corrected chi connectivity index (χ0v) is 14.6. The van der Waals surface area contributed by atoms with Gasteiger partial charge in [0.05, 0.1) is 6.04 Å². The molecule has 2 aromatic carbocycles. The number of nitrogens with one attached hydrogen (secondary N) is 1. The van der Waals surface area contributed by atoms with Crippen molar-refractivity contribution in [1.29, 1.82) is 0 Å². The van der Waals surface area contributed by atoms with Crippen LogP contribution in [-0.4, -0.2) is 25.2 Å². The molecule has 0 aliphatic carbocycles. The summed E-state index contributed by atoms with van der Waals surface area (Å²) in [4.78, 5) is 12.4. The highest BCUT2D eigenvalue weighted by Gasteiger charge is 2.26. The Balaban J connectivity index is 0.00000182. The fourth-order valence-electron chi connectivity index (χ4n) is 3.32. The van der Waals surface area contributed by atoms with Crippen LogP contribution in [0.15, 0.2) is 46.9 Å². The molecule has 2 heterocycles. The third kappa shape index (κ3) is 3.49. The van der Waals surface area contributed by atoms with Crippen LogP contribution in [0.3, 0.4) is 0 Å². The van der Waals surface area contributed by atoms with Gasteiger partial charge in [0.2, 0.25) is 5.91 Å². The molecule has 1 saturated heterocycles. The molecule has 132 valence electrons. The summed E-state index contributed by atoms with van der Waals surface area (Å²) in [6, 6.07) is 13.1. The number of amides is 1. The van der Waals surface area contributed by atoms with Gasteiger partial charge in [-0.2, -0.15) is 0 Å². The molecule has 3 aromatic rings. The zero-order valence-electron chi connectivity index (χ0n) is 13.7. The summed E-state index contributed by atoms with van der Waals surface area (Å²) < 4.78 is 11.2. The second kappa shape index (κ2) is 7.44. The number of anilines is 1. The number of benzene rings is 2. The standard InChI is InChI=1S/C19H20N2O3.ClH/c20-18(12-7-9-23-10-8-12)19(22)21-13-5-6-15-14-3-1-2-4-16(14)24-17(15)11-13;/h1-6,11-12,18H,7-10,20H2,(H,21,22);1H. The summed E-state index contributed by atoms with van der Waals surface area (Å²) in [5.41, 5.74) is 8.43. The van der Waals surface area contributed by atoms with Crippen molar-refractivity contribution in [3.63, 3.8) is 0 Å². The Morgan fingerprint density at radius 1 is 1.08 bits per heavy atom. The topological polar surface area (TPSA) is 77.5 Å². The van der Waals surface area contributed by atoms with Gasteiger partial charge < -0.3 is 20.2 Å². The summed E-state index contributed by atoms with van der Waals surface area (Å²) in [7, 11) is 0. The van der Waals surface area contributed by atoms with Crippen molar-refractivity contribution in [2.75, 3.05) is 18.5 Å². The van der Waals surface area contributed by atoms with E-state index in [0.717, 1.165) is 34.8 Å². The van der Waals surface area contributed by atoms with Crippen LogP contribution in [0.25, 0.3) is 21.9 Å². The Morgan fingerprint density at radius 2 is 1.80 bits per heavy atom. The minimum atomic E-state index is -0.514. The molecule has 0 saturated carbocycles. The highest BCUT2D eigenvalue weighted by Crippen LogP contribution is 2.30. The molecule has 1 atom stereocenters. The first kappa shape index (κ1) is 17.7. The number of carbonyl (C=O) groups is 1. The summed E-state index contributed by atoms with van der Waals surface area (Å²) in [6.07, 6.45) is 1.66. The third-order valence-electron chi connectivity index (χ3n) is 4.72. The number of para-hydroxylation sites is 1. The van der Waals surface area contributed by atoms with Crippen molar-refractivity contribution >= 4 is 45.9 Å². The van der Waals surface area contributed by atoms with Gasteiger partial charge in [0.25, 0.3) is 0 Å². The van der Waals surface area contributed by atoms with Gasteiger partial charge in [0.15, 0.2) is 0 Å². The lowest BCUT2D eigenvalue weighted by Gasteiger charge is -2.26. The number of fused-ring (bicyclic) bond motifs is 3. The maximum Gasteiger partial charge on any atom is 0.241 e. The number of halogens is 1. The quantitative estimate of drug-likeness (QED) is 0.746. The highest BCUT2D eigenvalue weighted by atomic mass is 35.5. The predicted octanol–water partition coefficient (Wildman–Crippen LogP) is 3.70. The Labute approximate surface area is 151 Å². The molecule has 4 rings (SSSR count). The summed E-state index contributed by atoms with van der Waals surface area (Å²) >= 11 is 0. The smallest absolute Gasteiger partial charge is 0.241 e. The number of nitrogens with two attached hydrogens (primary N) is 1. The van der Waals surface area contributed by atoms with Gasteiger partial charge in [-0.1, -0.05) is 18.2 Å². The molecule has 5 nitrogen and oxygen atoms in total. The molecule has 1 aromatic heterocycles.